The van der Waals surface area contributed by atoms with Crippen molar-refractivity contribution in [3.8, 4) is 0 Å². The zero-order valence-electron chi connectivity index (χ0n) is 13.2. The van der Waals surface area contributed by atoms with Crippen LogP contribution in [0.25, 0.3) is 0 Å². The monoisotopic (exact) mass is 283 g/mol. The largest absolute Gasteiger partial charge is 0.305 e. The minimum Gasteiger partial charge on any atom is -0.305 e. The van der Waals surface area contributed by atoms with Crippen LogP contribution in [0.1, 0.15) is 16.8 Å². The van der Waals surface area contributed by atoms with Gasteiger partial charge < -0.3 is 4.90 Å². The first-order valence-electron chi connectivity index (χ1n) is 7.22. The average molecular weight is 283 g/mol. The SMILES string of the molecule is Cc1ccccc1C(N(C)C)[Si](C)(C)c1ccccc1. The Morgan fingerprint density at radius 3 is 1.95 bits per heavy atom. The number of benzene rings is 2. The van der Waals surface area contributed by atoms with Gasteiger partial charge >= 0.3 is 0 Å². The Labute approximate surface area is 124 Å². The van der Waals surface area contributed by atoms with Gasteiger partial charge in [-0.3, -0.25) is 0 Å². The molecule has 20 heavy (non-hydrogen) atoms. The molecule has 2 aromatic rings. The maximum Gasteiger partial charge on any atom is 0.104 e. The molecule has 0 radical (unpaired) electrons. The quantitative estimate of drug-likeness (QED) is 0.772. The highest BCUT2D eigenvalue weighted by molar-refractivity contribution is 6.90. The van der Waals surface area contributed by atoms with Gasteiger partial charge in [-0.2, -0.15) is 0 Å². The summed E-state index contributed by atoms with van der Waals surface area (Å²) in [5.41, 5.74) is 3.35. The van der Waals surface area contributed by atoms with Crippen LogP contribution < -0.4 is 5.19 Å². The molecule has 0 aromatic heterocycles. The number of aryl methyl sites for hydroxylation is 1. The minimum absolute atomic E-state index is 0.492. The molecule has 0 heterocycles. The van der Waals surface area contributed by atoms with Gasteiger partial charge in [-0.25, -0.2) is 0 Å². The van der Waals surface area contributed by atoms with Gasteiger partial charge in [0.2, 0.25) is 0 Å². The van der Waals surface area contributed by atoms with Crippen molar-refractivity contribution in [2.24, 2.45) is 0 Å². The van der Waals surface area contributed by atoms with E-state index in [1.165, 1.54) is 16.3 Å². The molecule has 0 fully saturated rings. The van der Waals surface area contributed by atoms with Gasteiger partial charge in [0, 0.05) is 5.67 Å². The first-order chi connectivity index (χ1) is 9.44. The van der Waals surface area contributed by atoms with E-state index in [-0.39, 0.29) is 0 Å². The van der Waals surface area contributed by atoms with Crippen LogP contribution in [-0.4, -0.2) is 27.1 Å². The molecular weight excluding hydrogens is 258 g/mol. The molecule has 0 saturated carbocycles. The van der Waals surface area contributed by atoms with Crippen LogP contribution in [0.2, 0.25) is 13.1 Å². The van der Waals surface area contributed by atoms with Crippen LogP contribution in [0.15, 0.2) is 54.6 Å². The molecule has 0 aliphatic heterocycles. The fourth-order valence-corrected chi connectivity index (χ4v) is 6.99. The van der Waals surface area contributed by atoms with Gasteiger partial charge in [0.25, 0.3) is 0 Å². The molecule has 106 valence electrons. The minimum atomic E-state index is -1.62. The normalized spacial score (nSPS) is 13.5. The van der Waals surface area contributed by atoms with Gasteiger partial charge in [-0.1, -0.05) is 72.9 Å². The Balaban J connectivity index is 2.52. The summed E-state index contributed by atoms with van der Waals surface area (Å²) in [4.78, 5) is 2.39. The predicted octanol–water partition coefficient (Wildman–Crippen LogP) is 3.75. The fraction of sp³-hybridized carbons (Fsp3) is 0.333. The van der Waals surface area contributed by atoms with Crippen LogP contribution in [0, 0.1) is 6.92 Å². The zero-order chi connectivity index (χ0) is 14.8. The van der Waals surface area contributed by atoms with Crippen molar-refractivity contribution in [3.63, 3.8) is 0 Å². The number of hydrogen-bond acceptors (Lipinski definition) is 1. The molecule has 0 amide bonds. The Kier molecular flexibility index (Phi) is 4.46. The van der Waals surface area contributed by atoms with Crippen LogP contribution in [0.4, 0.5) is 0 Å². The van der Waals surface area contributed by atoms with E-state index < -0.39 is 8.07 Å². The standard InChI is InChI=1S/C18H25NSi/c1-15-11-9-10-14-17(15)18(19(2)3)20(4,5)16-12-7-6-8-13-16/h6-14,18H,1-5H3. The lowest BCUT2D eigenvalue weighted by molar-refractivity contribution is 0.372. The molecular formula is C18H25NSi. The molecule has 0 spiro atoms. The predicted molar refractivity (Wildman–Crippen MR) is 91.2 cm³/mol. The summed E-state index contributed by atoms with van der Waals surface area (Å²) in [5.74, 6) is 0. The molecule has 0 saturated heterocycles. The zero-order valence-corrected chi connectivity index (χ0v) is 14.2. The Morgan fingerprint density at radius 2 is 1.40 bits per heavy atom. The topological polar surface area (TPSA) is 3.24 Å². The van der Waals surface area contributed by atoms with Crippen molar-refractivity contribution in [2.45, 2.75) is 25.7 Å². The Bertz CT molecular complexity index is 561. The van der Waals surface area contributed by atoms with E-state index >= 15 is 0 Å². The number of hydrogen-bond donors (Lipinski definition) is 0. The van der Waals surface area contributed by atoms with Crippen molar-refractivity contribution in [3.05, 3.63) is 65.7 Å². The highest BCUT2D eigenvalue weighted by Gasteiger charge is 2.36. The summed E-state index contributed by atoms with van der Waals surface area (Å²) in [6, 6.07) is 19.8. The van der Waals surface area contributed by atoms with Gasteiger partial charge in [-0.05, 0) is 32.1 Å². The Morgan fingerprint density at radius 1 is 0.850 bits per heavy atom. The summed E-state index contributed by atoms with van der Waals surface area (Å²) in [5, 5.41) is 1.52. The average Bonchev–Trinajstić information content (AvgIpc) is 2.42. The first kappa shape index (κ1) is 15.0. The van der Waals surface area contributed by atoms with Crippen molar-refractivity contribution in [1.82, 2.24) is 4.90 Å². The van der Waals surface area contributed by atoms with E-state index in [0.29, 0.717) is 5.67 Å². The molecule has 0 N–H and O–H groups in total. The van der Waals surface area contributed by atoms with Crippen LogP contribution >= 0.6 is 0 Å². The molecule has 1 atom stereocenters. The lowest BCUT2D eigenvalue weighted by atomic mass is 10.1. The molecule has 2 rings (SSSR count). The summed E-state index contributed by atoms with van der Waals surface area (Å²) < 4.78 is 0. The highest BCUT2D eigenvalue weighted by Crippen LogP contribution is 2.30. The first-order valence-corrected chi connectivity index (χ1v) is 10.3. The van der Waals surface area contributed by atoms with Crippen molar-refractivity contribution in [1.29, 1.82) is 0 Å². The van der Waals surface area contributed by atoms with Gasteiger partial charge in [0.05, 0.1) is 0 Å². The molecule has 2 aromatic carbocycles. The molecule has 1 unspecified atom stereocenters. The van der Waals surface area contributed by atoms with Crippen LogP contribution in [0.5, 0.6) is 0 Å². The smallest absolute Gasteiger partial charge is 0.104 e. The molecule has 2 heteroatoms. The molecule has 0 aliphatic rings. The molecule has 1 nitrogen and oxygen atoms in total. The van der Waals surface area contributed by atoms with Crippen LogP contribution in [-0.2, 0) is 0 Å². The third-order valence-corrected chi connectivity index (χ3v) is 8.22. The second-order valence-corrected chi connectivity index (χ2v) is 10.9. The summed E-state index contributed by atoms with van der Waals surface area (Å²) in [6.07, 6.45) is 0. The van der Waals surface area contributed by atoms with Gasteiger partial charge in [0.1, 0.15) is 8.07 Å². The lowest BCUT2D eigenvalue weighted by Crippen LogP contribution is -2.52. The second-order valence-electron chi connectivity index (χ2n) is 6.31. The molecule has 0 bridgehead atoms. The maximum atomic E-state index is 2.47. The van der Waals surface area contributed by atoms with E-state index in [4.69, 9.17) is 0 Å². The summed E-state index contributed by atoms with van der Waals surface area (Å²) >= 11 is 0. The summed E-state index contributed by atoms with van der Waals surface area (Å²) in [7, 11) is 2.79. The van der Waals surface area contributed by atoms with E-state index in [2.05, 4.69) is 93.6 Å². The second kappa shape index (κ2) is 5.94. The van der Waals surface area contributed by atoms with Crippen molar-refractivity contribution >= 4 is 13.3 Å². The van der Waals surface area contributed by atoms with Crippen molar-refractivity contribution < 1.29 is 0 Å². The fourth-order valence-electron chi connectivity index (χ4n) is 3.23. The molecule has 0 aliphatic carbocycles. The van der Waals surface area contributed by atoms with Gasteiger partial charge in [0.15, 0.2) is 0 Å². The van der Waals surface area contributed by atoms with Crippen LogP contribution in [0.3, 0.4) is 0 Å². The van der Waals surface area contributed by atoms with Gasteiger partial charge in [-0.15, -0.1) is 0 Å². The third-order valence-electron chi connectivity index (χ3n) is 4.20. The van der Waals surface area contributed by atoms with E-state index in [1.54, 1.807) is 0 Å². The maximum absolute atomic E-state index is 2.47. The highest BCUT2D eigenvalue weighted by atomic mass is 28.3. The van der Waals surface area contributed by atoms with E-state index in [9.17, 15) is 0 Å². The Hall–Kier alpha value is -1.38. The van der Waals surface area contributed by atoms with Crippen molar-refractivity contribution in [2.75, 3.05) is 14.1 Å². The third kappa shape index (κ3) is 2.86. The van der Waals surface area contributed by atoms with E-state index in [0.717, 1.165) is 0 Å². The lowest BCUT2D eigenvalue weighted by Gasteiger charge is -2.39. The van der Waals surface area contributed by atoms with E-state index in [1.807, 2.05) is 0 Å². The number of nitrogens with zero attached hydrogens (tertiary/aromatic N) is 1. The summed E-state index contributed by atoms with van der Waals surface area (Å²) in [6.45, 7) is 7.17. The number of rotatable bonds is 4.